The Kier molecular flexibility index (Phi) is 3.97. The summed E-state index contributed by atoms with van der Waals surface area (Å²) < 4.78 is 11.2. The summed E-state index contributed by atoms with van der Waals surface area (Å²) in [5, 5.41) is 21.6. The van der Waals surface area contributed by atoms with Crippen molar-refractivity contribution < 1.29 is 24.5 Å². The Morgan fingerprint density at radius 1 is 1.30 bits per heavy atom. The Morgan fingerprint density at radius 3 is 2.87 bits per heavy atom. The lowest BCUT2D eigenvalue weighted by molar-refractivity contribution is -0.122. The Hall–Kier alpha value is -2.89. The third kappa shape index (κ3) is 3.01. The molecule has 1 aliphatic rings. The quantitative estimate of drug-likeness (QED) is 0.802. The van der Waals surface area contributed by atoms with Gasteiger partial charge in [0, 0.05) is 30.3 Å². The Morgan fingerprint density at radius 2 is 2.13 bits per heavy atom. The monoisotopic (exact) mass is 315 g/mol. The van der Waals surface area contributed by atoms with E-state index >= 15 is 0 Å². The molecule has 0 saturated carbocycles. The smallest absolute Gasteiger partial charge is 0.230 e. The van der Waals surface area contributed by atoms with Crippen LogP contribution in [0.15, 0.2) is 36.4 Å². The molecule has 2 aromatic carbocycles. The SMILES string of the molecule is CNC(=O)C1COc2cc(OCc3ccc(O)cc3O)ccc21. The molecule has 2 aromatic rings. The van der Waals surface area contributed by atoms with E-state index in [1.807, 2.05) is 6.07 Å². The molecule has 6 heteroatoms. The van der Waals surface area contributed by atoms with Crippen molar-refractivity contribution in [3.05, 3.63) is 47.5 Å². The molecule has 0 fully saturated rings. The van der Waals surface area contributed by atoms with Crippen molar-refractivity contribution in [2.45, 2.75) is 12.5 Å². The summed E-state index contributed by atoms with van der Waals surface area (Å²) in [5.41, 5.74) is 1.40. The number of fused-ring (bicyclic) bond motifs is 1. The molecule has 1 atom stereocenters. The number of carbonyl (C=O) groups is 1. The van der Waals surface area contributed by atoms with Crippen LogP contribution in [0.1, 0.15) is 17.0 Å². The zero-order valence-corrected chi connectivity index (χ0v) is 12.6. The molecule has 1 unspecified atom stereocenters. The van der Waals surface area contributed by atoms with Crippen LogP contribution in [-0.4, -0.2) is 29.8 Å². The van der Waals surface area contributed by atoms with E-state index in [1.165, 1.54) is 12.1 Å². The number of phenols is 2. The highest BCUT2D eigenvalue weighted by Gasteiger charge is 2.29. The Balaban J connectivity index is 1.72. The van der Waals surface area contributed by atoms with Crippen LogP contribution in [0.4, 0.5) is 0 Å². The first kappa shape index (κ1) is 15.0. The van der Waals surface area contributed by atoms with Crippen molar-refractivity contribution in [1.82, 2.24) is 5.32 Å². The van der Waals surface area contributed by atoms with Gasteiger partial charge in [0.05, 0.1) is 0 Å². The summed E-state index contributed by atoms with van der Waals surface area (Å²) in [4.78, 5) is 11.8. The molecule has 1 amide bonds. The van der Waals surface area contributed by atoms with Crippen LogP contribution in [0.25, 0.3) is 0 Å². The first-order valence-electron chi connectivity index (χ1n) is 7.20. The van der Waals surface area contributed by atoms with Crippen molar-refractivity contribution >= 4 is 5.91 Å². The minimum absolute atomic E-state index is 0.00239. The topological polar surface area (TPSA) is 88.0 Å². The number of rotatable bonds is 4. The number of likely N-dealkylation sites (N-methyl/N-ethyl adjacent to an activating group) is 1. The Bertz CT molecular complexity index is 744. The number of benzene rings is 2. The van der Waals surface area contributed by atoms with Crippen molar-refractivity contribution in [3.8, 4) is 23.0 Å². The molecular weight excluding hydrogens is 298 g/mol. The fraction of sp³-hybridized carbons (Fsp3) is 0.235. The molecule has 0 spiro atoms. The van der Waals surface area contributed by atoms with E-state index in [4.69, 9.17) is 9.47 Å². The summed E-state index contributed by atoms with van der Waals surface area (Å²) in [6.45, 7) is 0.473. The van der Waals surface area contributed by atoms with Gasteiger partial charge in [-0.15, -0.1) is 0 Å². The third-order valence-electron chi connectivity index (χ3n) is 3.79. The number of nitrogens with one attached hydrogen (secondary N) is 1. The number of ether oxygens (including phenoxy) is 2. The zero-order chi connectivity index (χ0) is 16.4. The van der Waals surface area contributed by atoms with Gasteiger partial charge < -0.3 is 25.0 Å². The predicted octanol–water partition coefficient (Wildman–Crippen LogP) is 1.90. The largest absolute Gasteiger partial charge is 0.508 e. The van der Waals surface area contributed by atoms with Gasteiger partial charge in [0.25, 0.3) is 0 Å². The second-order valence-electron chi connectivity index (χ2n) is 5.28. The van der Waals surface area contributed by atoms with E-state index < -0.39 is 0 Å². The zero-order valence-electron chi connectivity index (χ0n) is 12.6. The maximum atomic E-state index is 11.8. The van der Waals surface area contributed by atoms with E-state index in [0.717, 1.165) is 5.56 Å². The molecule has 6 nitrogen and oxygen atoms in total. The minimum Gasteiger partial charge on any atom is -0.508 e. The number of hydrogen-bond acceptors (Lipinski definition) is 5. The van der Waals surface area contributed by atoms with E-state index in [-0.39, 0.29) is 29.9 Å². The van der Waals surface area contributed by atoms with Crippen LogP contribution < -0.4 is 14.8 Å². The standard InChI is InChI=1S/C17H17NO5/c1-18-17(21)14-9-23-16-7-12(4-5-13(14)16)22-8-10-2-3-11(19)6-15(10)20/h2-7,14,19-20H,8-9H2,1H3,(H,18,21). The van der Waals surface area contributed by atoms with E-state index in [2.05, 4.69) is 5.32 Å². The highest BCUT2D eigenvalue weighted by Crippen LogP contribution is 2.37. The average Bonchev–Trinajstić information content (AvgIpc) is 2.96. The summed E-state index contributed by atoms with van der Waals surface area (Å²) in [6.07, 6.45) is 0. The maximum Gasteiger partial charge on any atom is 0.230 e. The number of hydrogen-bond donors (Lipinski definition) is 3. The molecule has 0 aliphatic carbocycles. The summed E-state index contributed by atoms with van der Waals surface area (Å²) in [6, 6.07) is 9.65. The number of aromatic hydroxyl groups is 2. The van der Waals surface area contributed by atoms with Crippen LogP contribution in [0, 0.1) is 0 Å². The lowest BCUT2D eigenvalue weighted by Crippen LogP contribution is -2.26. The molecule has 0 saturated heterocycles. The van der Waals surface area contributed by atoms with Crippen molar-refractivity contribution in [2.75, 3.05) is 13.7 Å². The van der Waals surface area contributed by atoms with Crippen LogP contribution in [0.5, 0.6) is 23.0 Å². The number of carbonyl (C=O) groups excluding carboxylic acids is 1. The van der Waals surface area contributed by atoms with Crippen molar-refractivity contribution in [3.63, 3.8) is 0 Å². The van der Waals surface area contributed by atoms with Crippen LogP contribution >= 0.6 is 0 Å². The highest BCUT2D eigenvalue weighted by atomic mass is 16.5. The molecule has 0 radical (unpaired) electrons. The first-order chi connectivity index (χ1) is 11.1. The lowest BCUT2D eigenvalue weighted by Gasteiger charge is -2.10. The summed E-state index contributed by atoms with van der Waals surface area (Å²) >= 11 is 0. The molecule has 3 rings (SSSR count). The van der Waals surface area contributed by atoms with Crippen LogP contribution in [-0.2, 0) is 11.4 Å². The van der Waals surface area contributed by atoms with Gasteiger partial charge >= 0.3 is 0 Å². The molecule has 23 heavy (non-hydrogen) atoms. The second kappa shape index (κ2) is 6.08. The van der Waals surface area contributed by atoms with Crippen LogP contribution in [0.2, 0.25) is 0 Å². The van der Waals surface area contributed by atoms with Gasteiger partial charge in [-0.05, 0) is 18.2 Å². The van der Waals surface area contributed by atoms with Gasteiger partial charge in [-0.2, -0.15) is 0 Å². The highest BCUT2D eigenvalue weighted by molar-refractivity contribution is 5.85. The molecule has 120 valence electrons. The Labute approximate surface area is 133 Å². The van der Waals surface area contributed by atoms with Crippen molar-refractivity contribution in [2.24, 2.45) is 0 Å². The van der Waals surface area contributed by atoms with Gasteiger partial charge in [0.1, 0.15) is 42.1 Å². The predicted molar refractivity (Wildman–Crippen MR) is 82.8 cm³/mol. The molecule has 0 bridgehead atoms. The third-order valence-corrected chi connectivity index (χ3v) is 3.79. The molecule has 1 aliphatic heterocycles. The van der Waals surface area contributed by atoms with Gasteiger partial charge in [0.2, 0.25) is 5.91 Å². The van der Waals surface area contributed by atoms with Gasteiger partial charge in [-0.3, -0.25) is 4.79 Å². The lowest BCUT2D eigenvalue weighted by atomic mass is 10.0. The number of phenolic OH excluding ortho intramolecular Hbond substituents is 2. The minimum atomic E-state index is -0.301. The molecular formula is C17H17NO5. The van der Waals surface area contributed by atoms with E-state index in [9.17, 15) is 15.0 Å². The second-order valence-corrected chi connectivity index (χ2v) is 5.28. The normalized spacial score (nSPS) is 15.6. The number of amides is 1. The maximum absolute atomic E-state index is 11.8. The summed E-state index contributed by atoms with van der Waals surface area (Å²) in [5.74, 6) is 0.802. The van der Waals surface area contributed by atoms with E-state index in [0.29, 0.717) is 23.7 Å². The fourth-order valence-corrected chi connectivity index (χ4v) is 2.51. The molecule has 3 N–H and O–H groups in total. The fourth-order valence-electron chi connectivity index (χ4n) is 2.51. The molecule has 1 heterocycles. The van der Waals surface area contributed by atoms with Crippen LogP contribution in [0.3, 0.4) is 0 Å². The summed E-state index contributed by atoms with van der Waals surface area (Å²) in [7, 11) is 1.60. The van der Waals surface area contributed by atoms with Gasteiger partial charge in [-0.1, -0.05) is 6.07 Å². The van der Waals surface area contributed by atoms with Gasteiger partial charge in [0.15, 0.2) is 0 Å². The average molecular weight is 315 g/mol. The first-order valence-corrected chi connectivity index (χ1v) is 7.20. The van der Waals surface area contributed by atoms with Gasteiger partial charge in [-0.25, -0.2) is 0 Å². The molecule has 0 aromatic heterocycles. The van der Waals surface area contributed by atoms with E-state index in [1.54, 1.807) is 25.2 Å². The van der Waals surface area contributed by atoms with Crippen molar-refractivity contribution in [1.29, 1.82) is 0 Å².